The second kappa shape index (κ2) is 5.58. The molecule has 7 heteroatoms. The van der Waals surface area contributed by atoms with E-state index in [0.717, 1.165) is 49.1 Å². The Labute approximate surface area is 135 Å². The lowest BCUT2D eigenvalue weighted by Crippen LogP contribution is -2.52. The van der Waals surface area contributed by atoms with Gasteiger partial charge in [-0.2, -0.15) is 5.10 Å². The fraction of sp³-hybridized carbons (Fsp3) is 0.562. The van der Waals surface area contributed by atoms with Crippen LogP contribution in [0, 0.1) is 13.8 Å². The van der Waals surface area contributed by atoms with Gasteiger partial charge in [-0.1, -0.05) is 0 Å². The van der Waals surface area contributed by atoms with Crippen LogP contribution in [0.2, 0.25) is 0 Å². The van der Waals surface area contributed by atoms with Crippen molar-refractivity contribution in [3.8, 4) is 5.82 Å². The van der Waals surface area contributed by atoms with Gasteiger partial charge in [-0.3, -0.25) is 0 Å². The van der Waals surface area contributed by atoms with E-state index >= 15 is 0 Å². The molecule has 23 heavy (non-hydrogen) atoms. The minimum atomic E-state index is -0.172. The van der Waals surface area contributed by atoms with Gasteiger partial charge in [0.1, 0.15) is 5.60 Å². The number of ether oxygens (including phenoxy) is 2. The molecule has 2 fully saturated rings. The summed E-state index contributed by atoms with van der Waals surface area (Å²) in [5.41, 5.74) is 1.86. The molecule has 0 aliphatic carbocycles. The maximum absolute atomic E-state index is 5.96. The summed E-state index contributed by atoms with van der Waals surface area (Å²) in [5.74, 6) is 1.62. The molecule has 2 aliphatic heterocycles. The van der Waals surface area contributed by atoms with E-state index in [2.05, 4.69) is 20.2 Å². The van der Waals surface area contributed by atoms with E-state index in [1.165, 1.54) is 0 Å². The van der Waals surface area contributed by atoms with E-state index in [0.29, 0.717) is 13.2 Å². The number of anilines is 1. The Morgan fingerprint density at radius 2 is 1.96 bits per heavy atom. The van der Waals surface area contributed by atoms with E-state index in [1.54, 1.807) is 0 Å². The van der Waals surface area contributed by atoms with Crippen LogP contribution in [0.4, 0.5) is 5.82 Å². The summed E-state index contributed by atoms with van der Waals surface area (Å²) in [6.07, 6.45) is 0.945. The van der Waals surface area contributed by atoms with Crippen LogP contribution in [0.5, 0.6) is 0 Å². The Balaban J connectivity index is 1.55. The maximum atomic E-state index is 5.96. The first-order chi connectivity index (χ1) is 11.2. The highest BCUT2D eigenvalue weighted by atomic mass is 16.6. The zero-order valence-corrected chi connectivity index (χ0v) is 13.5. The van der Waals surface area contributed by atoms with Crippen molar-refractivity contribution in [1.29, 1.82) is 0 Å². The summed E-state index contributed by atoms with van der Waals surface area (Å²) >= 11 is 0. The molecule has 1 atom stereocenters. The van der Waals surface area contributed by atoms with Gasteiger partial charge in [0.15, 0.2) is 11.6 Å². The second-order valence-electron chi connectivity index (χ2n) is 6.34. The van der Waals surface area contributed by atoms with Gasteiger partial charge in [0.25, 0.3) is 0 Å². The molecule has 4 heterocycles. The van der Waals surface area contributed by atoms with Gasteiger partial charge in [-0.05, 0) is 32.0 Å². The molecular formula is C16H21N5O2. The summed E-state index contributed by atoms with van der Waals surface area (Å²) in [6.45, 7) is 7.77. The number of morpholine rings is 1. The van der Waals surface area contributed by atoms with Crippen molar-refractivity contribution in [2.45, 2.75) is 25.9 Å². The highest BCUT2D eigenvalue weighted by Crippen LogP contribution is 2.29. The zero-order chi connectivity index (χ0) is 15.9. The van der Waals surface area contributed by atoms with Crippen LogP contribution in [-0.2, 0) is 9.47 Å². The van der Waals surface area contributed by atoms with Crippen LogP contribution < -0.4 is 4.90 Å². The number of hydrogen-bond acceptors (Lipinski definition) is 6. The summed E-state index contributed by atoms with van der Waals surface area (Å²) < 4.78 is 13.3. The number of aromatic nitrogens is 4. The van der Waals surface area contributed by atoms with E-state index in [-0.39, 0.29) is 5.60 Å². The Morgan fingerprint density at radius 1 is 1.13 bits per heavy atom. The van der Waals surface area contributed by atoms with Crippen LogP contribution in [0.3, 0.4) is 0 Å². The molecule has 0 bridgehead atoms. The number of rotatable bonds is 2. The fourth-order valence-electron chi connectivity index (χ4n) is 3.33. The lowest BCUT2D eigenvalue weighted by Gasteiger charge is -2.39. The molecule has 2 saturated heterocycles. The third kappa shape index (κ3) is 2.70. The number of nitrogens with zero attached hydrogens (tertiary/aromatic N) is 5. The van der Waals surface area contributed by atoms with Gasteiger partial charge in [0.05, 0.1) is 25.5 Å². The lowest BCUT2D eigenvalue weighted by atomic mass is 10.0. The predicted molar refractivity (Wildman–Crippen MR) is 85.0 cm³/mol. The molecule has 7 nitrogen and oxygen atoms in total. The monoisotopic (exact) mass is 315 g/mol. The standard InChI is InChI=1S/C16H21N5O2/c1-12-9-13(2)21(19-12)15-4-3-14(17-18-15)20-6-8-23-16(10-20)5-7-22-11-16/h3-4,9H,5-8,10-11H2,1-2H3. The molecule has 0 aromatic carbocycles. The molecule has 1 unspecified atom stereocenters. The minimum Gasteiger partial charge on any atom is -0.378 e. The number of aryl methyl sites for hydroxylation is 2. The Hall–Kier alpha value is -1.99. The molecule has 122 valence electrons. The van der Waals surface area contributed by atoms with E-state index in [4.69, 9.17) is 9.47 Å². The third-order valence-corrected chi connectivity index (χ3v) is 4.50. The highest BCUT2D eigenvalue weighted by molar-refractivity contribution is 5.41. The lowest BCUT2D eigenvalue weighted by molar-refractivity contribution is -0.0581. The van der Waals surface area contributed by atoms with E-state index < -0.39 is 0 Å². The summed E-state index contributed by atoms with van der Waals surface area (Å²) in [6, 6.07) is 6.00. The van der Waals surface area contributed by atoms with Gasteiger partial charge < -0.3 is 14.4 Å². The third-order valence-electron chi connectivity index (χ3n) is 4.50. The average molecular weight is 315 g/mol. The SMILES string of the molecule is Cc1cc(C)n(-c2ccc(N3CCOC4(CCOC4)C3)nn2)n1. The predicted octanol–water partition coefficient (Wildman–Crippen LogP) is 1.27. The van der Waals surface area contributed by atoms with Crippen LogP contribution in [0.15, 0.2) is 18.2 Å². The molecule has 0 N–H and O–H groups in total. The van der Waals surface area contributed by atoms with Crippen molar-refractivity contribution in [2.24, 2.45) is 0 Å². The normalized spacial score (nSPS) is 24.5. The van der Waals surface area contributed by atoms with Gasteiger partial charge >= 0.3 is 0 Å². The molecule has 2 aliphatic rings. The topological polar surface area (TPSA) is 65.3 Å². The Morgan fingerprint density at radius 3 is 2.61 bits per heavy atom. The van der Waals surface area contributed by atoms with Crippen molar-refractivity contribution in [3.05, 3.63) is 29.6 Å². The fourth-order valence-corrected chi connectivity index (χ4v) is 3.33. The van der Waals surface area contributed by atoms with Crippen LogP contribution in [0.1, 0.15) is 17.8 Å². The van der Waals surface area contributed by atoms with Crippen LogP contribution in [0.25, 0.3) is 5.82 Å². The smallest absolute Gasteiger partial charge is 0.176 e. The van der Waals surface area contributed by atoms with Crippen molar-refractivity contribution in [2.75, 3.05) is 37.8 Å². The Kier molecular flexibility index (Phi) is 3.54. The molecule has 0 amide bonds. The van der Waals surface area contributed by atoms with Crippen molar-refractivity contribution < 1.29 is 9.47 Å². The molecule has 1 spiro atoms. The van der Waals surface area contributed by atoms with Gasteiger partial charge in [0.2, 0.25) is 0 Å². The Bertz CT molecular complexity index is 691. The quantitative estimate of drug-likeness (QED) is 0.832. The van der Waals surface area contributed by atoms with Gasteiger partial charge in [-0.15, -0.1) is 10.2 Å². The van der Waals surface area contributed by atoms with E-state index in [9.17, 15) is 0 Å². The van der Waals surface area contributed by atoms with Gasteiger partial charge in [-0.25, -0.2) is 4.68 Å². The molecule has 2 aromatic heterocycles. The zero-order valence-electron chi connectivity index (χ0n) is 13.5. The number of hydrogen-bond donors (Lipinski definition) is 0. The summed E-state index contributed by atoms with van der Waals surface area (Å²) in [5, 5.41) is 13.2. The van der Waals surface area contributed by atoms with Gasteiger partial charge in [0, 0.05) is 25.3 Å². The second-order valence-corrected chi connectivity index (χ2v) is 6.34. The summed E-state index contributed by atoms with van der Waals surface area (Å²) in [7, 11) is 0. The van der Waals surface area contributed by atoms with Crippen molar-refractivity contribution in [1.82, 2.24) is 20.0 Å². The summed E-state index contributed by atoms with van der Waals surface area (Å²) in [4.78, 5) is 2.23. The first-order valence-corrected chi connectivity index (χ1v) is 7.99. The van der Waals surface area contributed by atoms with Crippen molar-refractivity contribution >= 4 is 5.82 Å². The maximum Gasteiger partial charge on any atom is 0.176 e. The van der Waals surface area contributed by atoms with Crippen LogP contribution >= 0.6 is 0 Å². The highest BCUT2D eigenvalue weighted by Gasteiger charge is 2.40. The largest absolute Gasteiger partial charge is 0.378 e. The minimum absolute atomic E-state index is 0.172. The van der Waals surface area contributed by atoms with E-state index in [1.807, 2.05) is 36.7 Å². The molecule has 0 saturated carbocycles. The average Bonchev–Trinajstić information content (AvgIpc) is 3.14. The first kappa shape index (κ1) is 14.6. The molecule has 0 radical (unpaired) electrons. The molecule has 4 rings (SSSR count). The first-order valence-electron chi connectivity index (χ1n) is 7.99. The van der Waals surface area contributed by atoms with Crippen molar-refractivity contribution in [3.63, 3.8) is 0 Å². The molecular weight excluding hydrogens is 294 g/mol. The molecule has 2 aromatic rings. The van der Waals surface area contributed by atoms with Crippen LogP contribution in [-0.4, -0.2) is 58.5 Å².